The van der Waals surface area contributed by atoms with Crippen LogP contribution in [0.1, 0.15) is 0 Å². The van der Waals surface area contributed by atoms with E-state index in [1.807, 2.05) is 24.3 Å². The fourth-order valence-corrected chi connectivity index (χ4v) is 2.52. The Balaban J connectivity index is 2.24. The molecule has 2 rings (SSSR count). The van der Waals surface area contributed by atoms with Crippen LogP contribution in [-0.4, -0.2) is 10.0 Å². The third-order valence-corrected chi connectivity index (χ3v) is 3.99. The molecule has 6 heteroatoms. The summed E-state index contributed by atoms with van der Waals surface area (Å²) >= 11 is 3.58. The van der Waals surface area contributed by atoms with Gasteiger partial charge >= 0.3 is 0 Å². The molecular weight excluding hydrogens is 365 g/mol. The SMILES string of the molecule is O=[N+]([O-])c1ccc(Sc2ccc(I)cc2)c(O)c1. The van der Waals surface area contributed by atoms with Gasteiger partial charge in [0.25, 0.3) is 5.69 Å². The van der Waals surface area contributed by atoms with E-state index in [0.29, 0.717) is 4.90 Å². The molecule has 0 aliphatic rings. The van der Waals surface area contributed by atoms with Crippen molar-refractivity contribution in [3.05, 3.63) is 56.1 Å². The first-order valence-corrected chi connectivity index (χ1v) is 6.86. The van der Waals surface area contributed by atoms with Gasteiger partial charge in [-0.05, 0) is 52.9 Å². The van der Waals surface area contributed by atoms with E-state index < -0.39 is 4.92 Å². The average molecular weight is 373 g/mol. The van der Waals surface area contributed by atoms with Crippen LogP contribution >= 0.6 is 34.4 Å². The number of phenols is 1. The summed E-state index contributed by atoms with van der Waals surface area (Å²) in [5.74, 6) is -0.0762. The van der Waals surface area contributed by atoms with Crippen LogP contribution in [0.5, 0.6) is 5.75 Å². The van der Waals surface area contributed by atoms with E-state index in [-0.39, 0.29) is 11.4 Å². The second-order valence-corrected chi connectivity index (χ2v) is 5.83. The molecule has 0 atom stereocenters. The Hall–Kier alpha value is -1.28. The summed E-state index contributed by atoms with van der Waals surface area (Å²) in [5, 5.41) is 20.3. The van der Waals surface area contributed by atoms with Crippen LogP contribution in [0, 0.1) is 13.7 Å². The number of hydrogen-bond acceptors (Lipinski definition) is 4. The maximum Gasteiger partial charge on any atom is 0.273 e. The molecule has 0 radical (unpaired) electrons. The highest BCUT2D eigenvalue weighted by atomic mass is 127. The zero-order chi connectivity index (χ0) is 13.1. The zero-order valence-electron chi connectivity index (χ0n) is 9.04. The van der Waals surface area contributed by atoms with Gasteiger partial charge in [-0.1, -0.05) is 11.8 Å². The van der Waals surface area contributed by atoms with E-state index in [1.165, 1.54) is 17.8 Å². The van der Waals surface area contributed by atoms with Crippen molar-refractivity contribution in [2.24, 2.45) is 0 Å². The second kappa shape index (κ2) is 5.57. The van der Waals surface area contributed by atoms with Gasteiger partial charge in [-0.2, -0.15) is 0 Å². The third kappa shape index (κ3) is 3.14. The second-order valence-electron chi connectivity index (χ2n) is 3.47. The maximum atomic E-state index is 10.5. The van der Waals surface area contributed by atoms with Crippen molar-refractivity contribution < 1.29 is 10.0 Å². The van der Waals surface area contributed by atoms with E-state index in [2.05, 4.69) is 22.6 Å². The number of aromatic hydroxyl groups is 1. The summed E-state index contributed by atoms with van der Waals surface area (Å²) in [4.78, 5) is 11.6. The number of nitrogens with zero attached hydrogens (tertiary/aromatic N) is 1. The predicted molar refractivity (Wildman–Crippen MR) is 78.0 cm³/mol. The lowest BCUT2D eigenvalue weighted by Crippen LogP contribution is -1.87. The van der Waals surface area contributed by atoms with Crippen molar-refractivity contribution in [3.63, 3.8) is 0 Å². The zero-order valence-corrected chi connectivity index (χ0v) is 12.0. The standard InChI is InChI=1S/C12H8INO3S/c13-8-1-4-10(5-2-8)18-12-6-3-9(14(16)17)7-11(12)15/h1-7,15H. The molecule has 0 heterocycles. The summed E-state index contributed by atoms with van der Waals surface area (Å²) in [5.41, 5.74) is -0.112. The number of benzene rings is 2. The van der Waals surface area contributed by atoms with Gasteiger partial charge in [0, 0.05) is 14.5 Å². The normalized spacial score (nSPS) is 10.3. The molecule has 18 heavy (non-hydrogen) atoms. The Labute approximate surface area is 121 Å². The van der Waals surface area contributed by atoms with E-state index in [1.54, 1.807) is 6.07 Å². The lowest BCUT2D eigenvalue weighted by Gasteiger charge is -2.04. The fraction of sp³-hybridized carbons (Fsp3) is 0. The first-order valence-electron chi connectivity index (χ1n) is 4.97. The molecule has 0 saturated carbocycles. The molecule has 92 valence electrons. The van der Waals surface area contributed by atoms with Gasteiger partial charge in [0.05, 0.1) is 15.9 Å². The van der Waals surface area contributed by atoms with Crippen molar-refractivity contribution in [3.8, 4) is 5.75 Å². The lowest BCUT2D eigenvalue weighted by molar-refractivity contribution is -0.385. The van der Waals surface area contributed by atoms with E-state index in [9.17, 15) is 15.2 Å². The summed E-state index contributed by atoms with van der Waals surface area (Å²) in [6, 6.07) is 11.9. The smallest absolute Gasteiger partial charge is 0.273 e. The molecule has 2 aromatic carbocycles. The minimum Gasteiger partial charge on any atom is -0.507 e. The van der Waals surface area contributed by atoms with Crippen molar-refractivity contribution in [1.29, 1.82) is 0 Å². The van der Waals surface area contributed by atoms with Crippen LogP contribution < -0.4 is 0 Å². The number of hydrogen-bond donors (Lipinski definition) is 1. The van der Waals surface area contributed by atoms with Gasteiger partial charge in [0.15, 0.2) is 0 Å². The van der Waals surface area contributed by atoms with Gasteiger partial charge < -0.3 is 5.11 Å². The number of non-ortho nitro benzene ring substituents is 1. The average Bonchev–Trinajstić information content (AvgIpc) is 2.34. The number of nitro groups is 1. The summed E-state index contributed by atoms with van der Waals surface area (Å²) < 4.78 is 1.13. The molecule has 1 N–H and O–H groups in total. The molecule has 4 nitrogen and oxygen atoms in total. The van der Waals surface area contributed by atoms with Gasteiger partial charge in [0.1, 0.15) is 5.75 Å². The van der Waals surface area contributed by atoms with Gasteiger partial charge in [-0.3, -0.25) is 10.1 Å². The maximum absolute atomic E-state index is 10.5. The number of rotatable bonds is 3. The molecule has 0 unspecified atom stereocenters. The van der Waals surface area contributed by atoms with E-state index in [4.69, 9.17) is 0 Å². The van der Waals surface area contributed by atoms with Gasteiger partial charge in [0.2, 0.25) is 0 Å². The Morgan fingerprint density at radius 1 is 1.17 bits per heavy atom. The molecule has 0 aliphatic heterocycles. The molecule has 0 spiro atoms. The lowest BCUT2D eigenvalue weighted by atomic mass is 10.3. The molecule has 0 saturated heterocycles. The molecule has 0 aliphatic carbocycles. The van der Waals surface area contributed by atoms with Gasteiger partial charge in [-0.15, -0.1) is 0 Å². The first kappa shape index (κ1) is 13.2. The molecule has 0 fully saturated rings. The summed E-state index contributed by atoms with van der Waals surface area (Å²) in [7, 11) is 0. The molecular formula is C12H8INO3S. The van der Waals surface area contributed by atoms with Crippen molar-refractivity contribution in [2.75, 3.05) is 0 Å². The van der Waals surface area contributed by atoms with Crippen LogP contribution in [0.3, 0.4) is 0 Å². The quantitative estimate of drug-likeness (QED) is 0.501. The largest absolute Gasteiger partial charge is 0.507 e. The molecule has 0 amide bonds. The summed E-state index contributed by atoms with van der Waals surface area (Å²) in [6.07, 6.45) is 0. The number of halogens is 1. The predicted octanol–water partition coefficient (Wildman–Crippen LogP) is 4.06. The van der Waals surface area contributed by atoms with E-state index >= 15 is 0 Å². The minimum atomic E-state index is -0.529. The van der Waals surface area contributed by atoms with Crippen molar-refractivity contribution >= 4 is 40.0 Å². The monoisotopic (exact) mass is 373 g/mol. The fourth-order valence-electron chi connectivity index (χ4n) is 1.34. The van der Waals surface area contributed by atoms with Crippen molar-refractivity contribution in [2.45, 2.75) is 9.79 Å². The van der Waals surface area contributed by atoms with Crippen LogP contribution in [0.2, 0.25) is 0 Å². The Bertz CT molecular complexity index is 586. The third-order valence-electron chi connectivity index (χ3n) is 2.19. The number of phenolic OH excluding ortho intramolecular Hbond substituents is 1. The van der Waals surface area contributed by atoms with Crippen molar-refractivity contribution in [1.82, 2.24) is 0 Å². The molecule has 2 aromatic rings. The first-order chi connectivity index (χ1) is 8.56. The highest BCUT2D eigenvalue weighted by Crippen LogP contribution is 2.36. The van der Waals surface area contributed by atoms with Gasteiger partial charge in [-0.25, -0.2) is 0 Å². The molecule has 0 bridgehead atoms. The number of nitro benzene ring substituents is 1. The molecule has 0 aromatic heterocycles. The summed E-state index contributed by atoms with van der Waals surface area (Å²) in [6.45, 7) is 0. The van der Waals surface area contributed by atoms with Crippen LogP contribution in [0.25, 0.3) is 0 Å². The highest BCUT2D eigenvalue weighted by molar-refractivity contribution is 14.1. The minimum absolute atomic E-state index is 0.0762. The Kier molecular flexibility index (Phi) is 4.07. The Morgan fingerprint density at radius 2 is 1.83 bits per heavy atom. The highest BCUT2D eigenvalue weighted by Gasteiger charge is 2.10. The topological polar surface area (TPSA) is 63.4 Å². The van der Waals surface area contributed by atoms with Crippen LogP contribution in [-0.2, 0) is 0 Å². The Morgan fingerprint density at radius 3 is 2.39 bits per heavy atom. The van der Waals surface area contributed by atoms with Crippen LogP contribution in [0.15, 0.2) is 52.3 Å². The van der Waals surface area contributed by atoms with E-state index in [0.717, 1.165) is 14.5 Å². The van der Waals surface area contributed by atoms with Crippen LogP contribution in [0.4, 0.5) is 5.69 Å².